The topological polar surface area (TPSA) is 20.3 Å². The van der Waals surface area contributed by atoms with Crippen molar-refractivity contribution in [2.24, 2.45) is 0 Å². The third-order valence-corrected chi connectivity index (χ3v) is 3.92. The first-order valence-corrected chi connectivity index (χ1v) is 7.27. The maximum Gasteiger partial charge on any atom is 0.254 e. The Morgan fingerprint density at radius 1 is 1.14 bits per heavy atom. The van der Waals surface area contributed by atoms with Gasteiger partial charge in [0.05, 0.1) is 0 Å². The van der Waals surface area contributed by atoms with E-state index in [4.69, 9.17) is 0 Å². The second-order valence-corrected chi connectivity index (χ2v) is 5.57. The van der Waals surface area contributed by atoms with Gasteiger partial charge in [0, 0.05) is 23.7 Å². The van der Waals surface area contributed by atoms with Crippen molar-refractivity contribution in [2.45, 2.75) is 32.4 Å². The lowest BCUT2D eigenvalue weighted by atomic mass is 10.1. The van der Waals surface area contributed by atoms with Crippen LogP contribution < -0.4 is 0 Å². The Hall–Kier alpha value is -2.16. The van der Waals surface area contributed by atoms with Crippen molar-refractivity contribution >= 4 is 5.91 Å². The number of nitrogens with zero attached hydrogens (tertiary/aromatic N) is 1. The van der Waals surface area contributed by atoms with Crippen molar-refractivity contribution in [1.29, 1.82) is 0 Å². The molecule has 1 saturated carbocycles. The molecule has 1 fully saturated rings. The van der Waals surface area contributed by atoms with Crippen molar-refractivity contribution in [3.05, 3.63) is 71.0 Å². The number of aryl methyl sites for hydroxylation is 1. The molecule has 108 valence electrons. The zero-order chi connectivity index (χ0) is 14.8. The van der Waals surface area contributed by atoms with Gasteiger partial charge in [0.1, 0.15) is 5.82 Å². The van der Waals surface area contributed by atoms with Crippen LogP contribution in [0.15, 0.2) is 48.5 Å². The summed E-state index contributed by atoms with van der Waals surface area (Å²) in [5.41, 5.74) is 2.24. The SMILES string of the molecule is Cc1ccccc1C(=O)N(Cc1ccccc1F)C1CC1. The molecule has 0 unspecified atom stereocenters. The number of hydrogen-bond donors (Lipinski definition) is 0. The van der Waals surface area contributed by atoms with E-state index >= 15 is 0 Å². The van der Waals surface area contributed by atoms with Crippen molar-refractivity contribution in [3.8, 4) is 0 Å². The van der Waals surface area contributed by atoms with E-state index < -0.39 is 0 Å². The lowest BCUT2D eigenvalue weighted by molar-refractivity contribution is 0.0727. The first-order chi connectivity index (χ1) is 10.2. The molecule has 0 saturated heterocycles. The lowest BCUT2D eigenvalue weighted by Gasteiger charge is -2.23. The number of hydrogen-bond acceptors (Lipinski definition) is 1. The fraction of sp³-hybridized carbons (Fsp3) is 0.278. The quantitative estimate of drug-likeness (QED) is 0.832. The Labute approximate surface area is 124 Å². The molecule has 0 radical (unpaired) electrons. The highest BCUT2D eigenvalue weighted by atomic mass is 19.1. The van der Waals surface area contributed by atoms with Crippen LogP contribution in [0, 0.1) is 12.7 Å². The van der Waals surface area contributed by atoms with Crippen molar-refractivity contribution in [3.63, 3.8) is 0 Å². The summed E-state index contributed by atoms with van der Waals surface area (Å²) in [7, 11) is 0. The Morgan fingerprint density at radius 2 is 1.81 bits per heavy atom. The highest BCUT2D eigenvalue weighted by molar-refractivity contribution is 5.96. The van der Waals surface area contributed by atoms with E-state index in [0.717, 1.165) is 18.4 Å². The molecule has 0 spiro atoms. The summed E-state index contributed by atoms with van der Waals surface area (Å²) in [5.74, 6) is -0.250. The molecule has 21 heavy (non-hydrogen) atoms. The first kappa shape index (κ1) is 13.8. The number of halogens is 1. The van der Waals surface area contributed by atoms with Crippen LogP contribution in [0.25, 0.3) is 0 Å². The molecule has 0 bridgehead atoms. The van der Waals surface area contributed by atoms with Gasteiger partial charge in [-0.3, -0.25) is 4.79 Å². The summed E-state index contributed by atoms with van der Waals surface area (Å²) in [5, 5.41) is 0. The summed E-state index contributed by atoms with van der Waals surface area (Å²) in [6.07, 6.45) is 2.01. The molecule has 3 rings (SSSR count). The molecule has 0 aromatic heterocycles. The Balaban J connectivity index is 1.87. The Morgan fingerprint density at radius 3 is 2.48 bits per heavy atom. The predicted octanol–water partition coefficient (Wildman–Crippen LogP) is 3.94. The van der Waals surface area contributed by atoms with Crippen molar-refractivity contribution < 1.29 is 9.18 Å². The van der Waals surface area contributed by atoms with Gasteiger partial charge in [0.25, 0.3) is 5.91 Å². The van der Waals surface area contributed by atoms with Crippen molar-refractivity contribution in [1.82, 2.24) is 4.90 Å². The average Bonchev–Trinajstić information content (AvgIpc) is 3.31. The molecule has 1 aliphatic carbocycles. The number of carbonyl (C=O) groups is 1. The van der Waals surface area contributed by atoms with E-state index in [1.165, 1.54) is 6.07 Å². The maximum absolute atomic E-state index is 13.8. The van der Waals surface area contributed by atoms with Gasteiger partial charge in [-0.15, -0.1) is 0 Å². The van der Waals surface area contributed by atoms with Crippen LogP contribution in [-0.4, -0.2) is 16.8 Å². The zero-order valence-corrected chi connectivity index (χ0v) is 12.1. The highest BCUT2D eigenvalue weighted by Crippen LogP contribution is 2.30. The minimum Gasteiger partial charge on any atom is -0.331 e. The maximum atomic E-state index is 13.8. The van der Waals surface area contributed by atoms with Gasteiger partial charge < -0.3 is 4.90 Å². The van der Waals surface area contributed by atoms with Crippen LogP contribution in [0.2, 0.25) is 0 Å². The van der Waals surface area contributed by atoms with Gasteiger partial charge in [0.15, 0.2) is 0 Å². The summed E-state index contributed by atoms with van der Waals surface area (Å²) < 4.78 is 13.8. The van der Waals surface area contributed by atoms with Crippen LogP contribution in [0.3, 0.4) is 0 Å². The molecule has 3 heteroatoms. The van der Waals surface area contributed by atoms with Crippen LogP contribution in [-0.2, 0) is 6.54 Å². The van der Waals surface area contributed by atoms with Gasteiger partial charge in [0.2, 0.25) is 0 Å². The average molecular weight is 283 g/mol. The monoisotopic (exact) mass is 283 g/mol. The third kappa shape index (κ3) is 2.97. The third-order valence-electron chi connectivity index (χ3n) is 3.92. The zero-order valence-electron chi connectivity index (χ0n) is 12.1. The minimum atomic E-state index is -0.249. The molecular formula is C18H18FNO. The van der Waals surface area contributed by atoms with Crippen LogP contribution in [0.1, 0.15) is 34.3 Å². The summed E-state index contributed by atoms with van der Waals surface area (Å²) >= 11 is 0. The van der Waals surface area contributed by atoms with E-state index in [0.29, 0.717) is 17.7 Å². The van der Waals surface area contributed by atoms with Gasteiger partial charge in [-0.25, -0.2) is 4.39 Å². The van der Waals surface area contributed by atoms with E-state index in [9.17, 15) is 9.18 Å². The molecular weight excluding hydrogens is 265 g/mol. The van der Waals surface area contributed by atoms with E-state index in [1.54, 1.807) is 17.0 Å². The molecule has 0 atom stereocenters. The van der Waals surface area contributed by atoms with E-state index in [2.05, 4.69) is 0 Å². The number of benzene rings is 2. The van der Waals surface area contributed by atoms with Gasteiger partial charge in [-0.1, -0.05) is 36.4 Å². The predicted molar refractivity (Wildman–Crippen MR) is 80.5 cm³/mol. The molecule has 1 amide bonds. The number of rotatable bonds is 4. The second-order valence-electron chi connectivity index (χ2n) is 5.57. The van der Waals surface area contributed by atoms with Crippen LogP contribution in [0.4, 0.5) is 4.39 Å². The van der Waals surface area contributed by atoms with Gasteiger partial charge in [-0.05, 0) is 37.5 Å². The molecule has 0 aliphatic heterocycles. The minimum absolute atomic E-state index is 0.00106. The fourth-order valence-electron chi connectivity index (χ4n) is 2.53. The first-order valence-electron chi connectivity index (χ1n) is 7.27. The number of amides is 1. The Bertz CT molecular complexity index is 664. The van der Waals surface area contributed by atoms with Gasteiger partial charge >= 0.3 is 0 Å². The normalized spacial score (nSPS) is 14.0. The molecule has 2 aromatic carbocycles. The smallest absolute Gasteiger partial charge is 0.254 e. The number of carbonyl (C=O) groups excluding carboxylic acids is 1. The van der Waals surface area contributed by atoms with E-state index in [1.807, 2.05) is 37.3 Å². The summed E-state index contributed by atoms with van der Waals surface area (Å²) in [6, 6.07) is 14.5. The van der Waals surface area contributed by atoms with E-state index in [-0.39, 0.29) is 17.8 Å². The molecule has 0 heterocycles. The van der Waals surface area contributed by atoms with Crippen LogP contribution >= 0.6 is 0 Å². The fourth-order valence-corrected chi connectivity index (χ4v) is 2.53. The highest BCUT2D eigenvalue weighted by Gasteiger charge is 2.33. The molecule has 0 N–H and O–H groups in total. The van der Waals surface area contributed by atoms with Crippen LogP contribution in [0.5, 0.6) is 0 Å². The van der Waals surface area contributed by atoms with Gasteiger partial charge in [-0.2, -0.15) is 0 Å². The second kappa shape index (κ2) is 5.68. The summed E-state index contributed by atoms with van der Waals surface area (Å²) in [4.78, 5) is 14.6. The Kier molecular flexibility index (Phi) is 3.74. The molecule has 2 aromatic rings. The standard InChI is InChI=1S/C18H18FNO/c1-13-6-2-4-8-16(13)18(21)20(15-10-11-15)12-14-7-3-5-9-17(14)19/h2-9,15H,10-12H2,1H3. The largest absolute Gasteiger partial charge is 0.331 e. The lowest BCUT2D eigenvalue weighted by Crippen LogP contribution is -2.33. The summed E-state index contributed by atoms with van der Waals surface area (Å²) in [6.45, 7) is 2.27. The molecule has 2 nitrogen and oxygen atoms in total. The van der Waals surface area contributed by atoms with Crippen molar-refractivity contribution in [2.75, 3.05) is 0 Å². The molecule has 1 aliphatic rings.